The molecular weight excluding hydrogens is 423 g/mol. The number of para-hydroxylation sites is 2. The van der Waals surface area contributed by atoms with Crippen molar-refractivity contribution < 1.29 is 13.9 Å². The maximum Gasteiger partial charge on any atom is 0.278 e. The quantitative estimate of drug-likeness (QED) is 0.395. The van der Waals surface area contributed by atoms with Gasteiger partial charge in [-0.2, -0.15) is 5.10 Å². The van der Waals surface area contributed by atoms with Gasteiger partial charge >= 0.3 is 0 Å². The predicted octanol–water partition coefficient (Wildman–Crippen LogP) is 4.00. The summed E-state index contributed by atoms with van der Waals surface area (Å²) in [4.78, 5) is 19.8. The maximum absolute atomic E-state index is 13.0. The van der Waals surface area contributed by atoms with E-state index in [0.29, 0.717) is 18.2 Å². The fraction of sp³-hybridized carbons (Fsp3) is 0.292. The van der Waals surface area contributed by atoms with Gasteiger partial charge in [-0.25, -0.2) is 14.1 Å². The van der Waals surface area contributed by atoms with Crippen molar-refractivity contribution in [2.75, 3.05) is 25.0 Å². The van der Waals surface area contributed by atoms with E-state index in [-0.39, 0.29) is 24.1 Å². The van der Waals surface area contributed by atoms with Gasteiger partial charge in [0.1, 0.15) is 11.6 Å². The van der Waals surface area contributed by atoms with Crippen molar-refractivity contribution in [3.05, 3.63) is 72.3 Å². The third kappa shape index (κ3) is 5.38. The van der Waals surface area contributed by atoms with Gasteiger partial charge in [-0.1, -0.05) is 26.0 Å². The Labute approximate surface area is 191 Å². The summed E-state index contributed by atoms with van der Waals surface area (Å²) in [6.45, 7) is 7.85. The van der Waals surface area contributed by atoms with Crippen LogP contribution in [-0.2, 0) is 13.3 Å². The summed E-state index contributed by atoms with van der Waals surface area (Å²) in [5.74, 6) is 0.323. The lowest BCUT2D eigenvalue weighted by Crippen LogP contribution is -2.27. The first-order valence-electron chi connectivity index (χ1n) is 11.0. The number of benzene rings is 2. The third-order valence-corrected chi connectivity index (χ3v) is 5.46. The van der Waals surface area contributed by atoms with Crippen molar-refractivity contribution >= 4 is 22.9 Å². The van der Waals surface area contributed by atoms with Crippen LogP contribution in [0.2, 0.25) is 0 Å². The lowest BCUT2D eigenvalue weighted by atomic mass is 10.3. The first kappa shape index (κ1) is 22.5. The summed E-state index contributed by atoms with van der Waals surface area (Å²) >= 11 is 0. The molecule has 33 heavy (non-hydrogen) atoms. The third-order valence-electron chi connectivity index (χ3n) is 5.46. The number of nitrogens with zero attached hydrogens (tertiary/aromatic N) is 5. The van der Waals surface area contributed by atoms with E-state index in [9.17, 15) is 9.18 Å². The summed E-state index contributed by atoms with van der Waals surface area (Å²) in [6.07, 6.45) is 1.65. The van der Waals surface area contributed by atoms with Crippen LogP contribution in [-0.4, -0.2) is 49.8 Å². The molecule has 4 aromatic rings. The number of carbonyl (C=O) groups excluding carboxylic acids is 1. The minimum absolute atomic E-state index is 0.0985. The highest BCUT2D eigenvalue weighted by Gasteiger charge is 2.16. The average Bonchev–Trinajstić information content (AvgIpc) is 3.44. The molecule has 8 nitrogen and oxygen atoms in total. The molecule has 0 bridgehead atoms. The van der Waals surface area contributed by atoms with Gasteiger partial charge in [0, 0.05) is 19.3 Å². The number of nitrogens with one attached hydrogen (secondary N) is 1. The molecule has 0 unspecified atom stereocenters. The van der Waals surface area contributed by atoms with Crippen LogP contribution in [0.4, 0.5) is 10.3 Å². The Morgan fingerprint density at radius 1 is 1.09 bits per heavy atom. The highest BCUT2D eigenvalue weighted by atomic mass is 19.1. The van der Waals surface area contributed by atoms with Crippen molar-refractivity contribution in [1.29, 1.82) is 0 Å². The van der Waals surface area contributed by atoms with Gasteiger partial charge in [0.2, 0.25) is 5.95 Å². The Morgan fingerprint density at radius 2 is 1.85 bits per heavy atom. The van der Waals surface area contributed by atoms with E-state index in [2.05, 4.69) is 34.1 Å². The molecule has 0 saturated carbocycles. The van der Waals surface area contributed by atoms with Gasteiger partial charge in [0.15, 0.2) is 12.4 Å². The second kappa shape index (κ2) is 10.3. The number of ether oxygens (including phenoxy) is 1. The molecule has 1 amide bonds. The number of hydrogen-bond acceptors (Lipinski definition) is 5. The van der Waals surface area contributed by atoms with Crippen LogP contribution in [0.15, 0.2) is 60.8 Å². The summed E-state index contributed by atoms with van der Waals surface area (Å²) in [5, 5.41) is 7.19. The molecule has 0 saturated heterocycles. The Kier molecular flexibility index (Phi) is 6.99. The van der Waals surface area contributed by atoms with E-state index < -0.39 is 0 Å². The highest BCUT2D eigenvalue weighted by molar-refractivity contribution is 6.02. The number of fused-ring (bicyclic) bond motifs is 1. The van der Waals surface area contributed by atoms with Crippen LogP contribution in [0.3, 0.4) is 0 Å². The van der Waals surface area contributed by atoms with Crippen molar-refractivity contribution in [2.45, 2.75) is 27.1 Å². The number of aromatic nitrogens is 4. The minimum Gasteiger partial charge on any atom is -0.471 e. The molecule has 2 heterocycles. The summed E-state index contributed by atoms with van der Waals surface area (Å²) < 4.78 is 22.1. The molecule has 172 valence electrons. The van der Waals surface area contributed by atoms with Crippen LogP contribution in [0.5, 0.6) is 5.75 Å². The number of halogens is 1. The lowest BCUT2D eigenvalue weighted by molar-refractivity contribution is 0.101. The smallest absolute Gasteiger partial charge is 0.278 e. The summed E-state index contributed by atoms with van der Waals surface area (Å²) in [6, 6.07) is 15.2. The van der Waals surface area contributed by atoms with E-state index in [1.807, 2.05) is 28.8 Å². The molecule has 9 heteroatoms. The molecule has 0 aliphatic heterocycles. The number of amides is 1. The number of rotatable bonds is 10. The molecular formula is C24H27FN6O2. The predicted molar refractivity (Wildman–Crippen MR) is 125 cm³/mol. The second-order valence-electron chi connectivity index (χ2n) is 7.52. The van der Waals surface area contributed by atoms with Crippen molar-refractivity contribution in [3.8, 4) is 5.75 Å². The lowest BCUT2D eigenvalue weighted by Gasteiger charge is -2.19. The summed E-state index contributed by atoms with van der Waals surface area (Å²) in [7, 11) is 0. The fourth-order valence-electron chi connectivity index (χ4n) is 3.57. The first-order valence-corrected chi connectivity index (χ1v) is 11.0. The second-order valence-corrected chi connectivity index (χ2v) is 7.52. The topological polar surface area (TPSA) is 77.2 Å². The minimum atomic E-state index is -0.352. The first-order chi connectivity index (χ1) is 16.1. The monoisotopic (exact) mass is 450 g/mol. The van der Waals surface area contributed by atoms with Crippen LogP contribution in [0, 0.1) is 5.82 Å². The molecule has 0 atom stereocenters. The van der Waals surface area contributed by atoms with Crippen molar-refractivity contribution in [1.82, 2.24) is 24.2 Å². The Balaban J connectivity index is 1.46. The fourth-order valence-corrected chi connectivity index (χ4v) is 3.57. The van der Waals surface area contributed by atoms with Crippen LogP contribution >= 0.6 is 0 Å². The number of imidazole rings is 1. The molecule has 1 N–H and O–H groups in total. The molecule has 0 spiro atoms. The SMILES string of the molecule is CCN(CC)CCn1c(NC(=O)c2ccn(COc3ccc(F)cc3)n2)nc2ccccc21. The van der Waals surface area contributed by atoms with Crippen molar-refractivity contribution in [3.63, 3.8) is 0 Å². The van der Waals surface area contributed by atoms with E-state index in [1.165, 1.54) is 28.9 Å². The van der Waals surface area contributed by atoms with Crippen molar-refractivity contribution in [2.24, 2.45) is 0 Å². The van der Waals surface area contributed by atoms with Crippen LogP contribution in [0.25, 0.3) is 11.0 Å². The van der Waals surface area contributed by atoms with Crippen LogP contribution in [0.1, 0.15) is 24.3 Å². The Bertz CT molecular complexity index is 1210. The number of likely N-dealkylation sites (N-methyl/N-ethyl adjacent to an activating group) is 1. The zero-order chi connectivity index (χ0) is 23.2. The number of carbonyl (C=O) groups is 1. The molecule has 0 radical (unpaired) electrons. The largest absolute Gasteiger partial charge is 0.471 e. The van der Waals surface area contributed by atoms with Gasteiger partial charge in [-0.05, 0) is 55.6 Å². The molecule has 4 rings (SSSR count). The van der Waals surface area contributed by atoms with Gasteiger partial charge in [-0.15, -0.1) is 0 Å². The molecule has 0 aliphatic rings. The highest BCUT2D eigenvalue weighted by Crippen LogP contribution is 2.20. The summed E-state index contributed by atoms with van der Waals surface area (Å²) in [5.41, 5.74) is 2.05. The van der Waals surface area contributed by atoms with Crippen LogP contribution < -0.4 is 10.1 Å². The zero-order valence-electron chi connectivity index (χ0n) is 18.7. The van der Waals surface area contributed by atoms with E-state index >= 15 is 0 Å². The number of hydrogen-bond donors (Lipinski definition) is 1. The van der Waals surface area contributed by atoms with E-state index in [4.69, 9.17) is 4.74 Å². The van der Waals surface area contributed by atoms with E-state index in [0.717, 1.165) is 30.7 Å². The molecule has 0 fully saturated rings. The zero-order valence-corrected chi connectivity index (χ0v) is 18.7. The van der Waals surface area contributed by atoms with Gasteiger partial charge < -0.3 is 14.2 Å². The Hall–Kier alpha value is -3.72. The molecule has 2 aromatic carbocycles. The standard InChI is InChI=1S/C24H27FN6O2/c1-3-29(4-2)15-16-31-22-8-6-5-7-20(22)26-24(31)27-23(32)21-13-14-30(28-21)17-33-19-11-9-18(25)10-12-19/h5-14H,3-4,15-17H2,1-2H3,(H,26,27,32). The molecule has 2 aromatic heterocycles. The average molecular weight is 451 g/mol. The Morgan fingerprint density at radius 3 is 2.61 bits per heavy atom. The normalized spacial score (nSPS) is 11.3. The molecule has 0 aliphatic carbocycles. The maximum atomic E-state index is 13.0. The van der Waals surface area contributed by atoms with E-state index in [1.54, 1.807) is 12.3 Å². The van der Waals surface area contributed by atoms with Gasteiger partial charge in [0.05, 0.1) is 11.0 Å². The number of anilines is 1. The van der Waals surface area contributed by atoms with Gasteiger partial charge in [-0.3, -0.25) is 10.1 Å². The van der Waals surface area contributed by atoms with Gasteiger partial charge in [0.25, 0.3) is 5.91 Å².